The normalized spacial score (nSPS) is 11.6. The quantitative estimate of drug-likeness (QED) is 0.402. The molecule has 8 heteroatoms. The van der Waals surface area contributed by atoms with E-state index < -0.39 is 0 Å². The summed E-state index contributed by atoms with van der Waals surface area (Å²) in [4.78, 5) is 4.56. The molecule has 0 spiro atoms. The fourth-order valence-corrected chi connectivity index (χ4v) is 2.35. The van der Waals surface area contributed by atoms with Crippen molar-refractivity contribution in [2.75, 3.05) is 26.8 Å². The molecule has 0 saturated carbocycles. The highest BCUT2D eigenvalue weighted by Gasteiger charge is 2.06. The average Bonchev–Trinajstić information content (AvgIpc) is 2.96. The molecule has 26 heavy (non-hydrogen) atoms. The lowest BCUT2D eigenvalue weighted by Crippen LogP contribution is -2.39. The number of aryl methyl sites for hydroxylation is 1. The van der Waals surface area contributed by atoms with Crippen molar-refractivity contribution in [3.63, 3.8) is 0 Å². The van der Waals surface area contributed by atoms with Crippen molar-refractivity contribution in [3.05, 3.63) is 47.3 Å². The van der Waals surface area contributed by atoms with Crippen LogP contribution in [0.15, 0.2) is 29.3 Å². The van der Waals surface area contributed by atoms with Gasteiger partial charge in [-0.05, 0) is 31.4 Å². The molecule has 0 aliphatic heterocycles. The van der Waals surface area contributed by atoms with Gasteiger partial charge in [0.15, 0.2) is 11.8 Å². The Kier molecular flexibility index (Phi) is 8.01. The Balaban J connectivity index is 1.92. The predicted octanol–water partition coefficient (Wildman–Crippen LogP) is 1.58. The number of halogens is 1. The van der Waals surface area contributed by atoms with Crippen LogP contribution in [-0.4, -0.2) is 47.5 Å². The summed E-state index contributed by atoms with van der Waals surface area (Å²) in [5.41, 5.74) is 0.683. The van der Waals surface area contributed by atoms with E-state index in [0.29, 0.717) is 37.6 Å². The molecule has 142 valence electrons. The van der Waals surface area contributed by atoms with E-state index in [4.69, 9.17) is 4.74 Å². The molecule has 2 N–H and O–H groups in total. The van der Waals surface area contributed by atoms with E-state index in [1.54, 1.807) is 19.2 Å². The maximum absolute atomic E-state index is 13.7. The smallest absolute Gasteiger partial charge is 0.191 e. The van der Waals surface area contributed by atoms with Gasteiger partial charge in [0, 0.05) is 33.9 Å². The summed E-state index contributed by atoms with van der Waals surface area (Å²) < 4.78 is 20.7. The fourth-order valence-electron chi connectivity index (χ4n) is 2.35. The zero-order valence-electron chi connectivity index (χ0n) is 15.6. The highest BCUT2D eigenvalue weighted by atomic mass is 19.1. The van der Waals surface area contributed by atoms with Crippen molar-refractivity contribution in [1.82, 2.24) is 25.4 Å². The second-order valence-corrected chi connectivity index (χ2v) is 5.93. The number of hydrogen-bond acceptors (Lipinski definition) is 4. The standard InChI is InChI=1S/C18H27FN6O/c1-14-23-24-17(25(14)2)13-22-18(20-10-6-12-26-3)21-11-9-15-7-4-5-8-16(15)19/h4-5,7-8H,6,9-13H2,1-3H3,(H2,20,21,22). The molecule has 1 heterocycles. The minimum Gasteiger partial charge on any atom is -0.385 e. The lowest BCUT2D eigenvalue weighted by molar-refractivity contribution is 0.195. The minimum absolute atomic E-state index is 0.185. The van der Waals surface area contributed by atoms with Crippen LogP contribution in [0.3, 0.4) is 0 Å². The van der Waals surface area contributed by atoms with Crippen LogP contribution in [0.2, 0.25) is 0 Å². The average molecular weight is 362 g/mol. The van der Waals surface area contributed by atoms with Crippen molar-refractivity contribution in [2.24, 2.45) is 12.0 Å². The molecule has 7 nitrogen and oxygen atoms in total. The molecule has 1 aromatic heterocycles. The van der Waals surface area contributed by atoms with E-state index in [9.17, 15) is 4.39 Å². The maximum atomic E-state index is 13.7. The number of methoxy groups -OCH3 is 1. The van der Waals surface area contributed by atoms with E-state index in [-0.39, 0.29) is 5.82 Å². The molecule has 0 bridgehead atoms. The van der Waals surface area contributed by atoms with Crippen LogP contribution in [0.1, 0.15) is 23.6 Å². The number of aromatic nitrogens is 3. The molecular formula is C18H27FN6O. The van der Waals surface area contributed by atoms with Gasteiger partial charge >= 0.3 is 0 Å². The van der Waals surface area contributed by atoms with E-state index in [2.05, 4.69) is 25.8 Å². The topological polar surface area (TPSA) is 76.4 Å². The Morgan fingerprint density at radius 2 is 2.00 bits per heavy atom. The van der Waals surface area contributed by atoms with Gasteiger partial charge < -0.3 is 19.9 Å². The molecule has 0 unspecified atom stereocenters. The van der Waals surface area contributed by atoms with Gasteiger partial charge in [-0.2, -0.15) is 0 Å². The number of benzene rings is 1. The van der Waals surface area contributed by atoms with Gasteiger partial charge in [0.1, 0.15) is 18.2 Å². The summed E-state index contributed by atoms with van der Waals surface area (Å²) in [6.07, 6.45) is 1.45. The largest absolute Gasteiger partial charge is 0.385 e. The van der Waals surface area contributed by atoms with Crippen LogP contribution in [0.4, 0.5) is 4.39 Å². The number of nitrogens with one attached hydrogen (secondary N) is 2. The van der Waals surface area contributed by atoms with Crippen LogP contribution in [-0.2, 0) is 24.8 Å². The number of aliphatic imine (C=N–C) groups is 1. The van der Waals surface area contributed by atoms with Gasteiger partial charge in [0.25, 0.3) is 0 Å². The highest BCUT2D eigenvalue weighted by Crippen LogP contribution is 2.06. The first-order valence-electron chi connectivity index (χ1n) is 8.71. The molecule has 0 amide bonds. The van der Waals surface area contributed by atoms with E-state index in [1.165, 1.54) is 6.07 Å². The number of nitrogens with zero attached hydrogens (tertiary/aromatic N) is 4. The number of rotatable bonds is 9. The third-order valence-corrected chi connectivity index (χ3v) is 4.02. The van der Waals surface area contributed by atoms with E-state index >= 15 is 0 Å². The summed E-state index contributed by atoms with van der Waals surface area (Å²) in [7, 11) is 3.59. The van der Waals surface area contributed by atoms with Crippen molar-refractivity contribution in [2.45, 2.75) is 26.3 Å². The van der Waals surface area contributed by atoms with E-state index in [1.807, 2.05) is 24.6 Å². The van der Waals surface area contributed by atoms with Gasteiger partial charge in [-0.3, -0.25) is 0 Å². The lowest BCUT2D eigenvalue weighted by Gasteiger charge is -2.13. The fraction of sp³-hybridized carbons (Fsp3) is 0.500. The van der Waals surface area contributed by atoms with Crippen molar-refractivity contribution < 1.29 is 9.13 Å². The van der Waals surface area contributed by atoms with Gasteiger partial charge in [-0.1, -0.05) is 18.2 Å². The van der Waals surface area contributed by atoms with Crippen molar-refractivity contribution in [3.8, 4) is 0 Å². The van der Waals surface area contributed by atoms with Crippen LogP contribution >= 0.6 is 0 Å². The van der Waals surface area contributed by atoms with Crippen LogP contribution in [0, 0.1) is 12.7 Å². The summed E-state index contributed by atoms with van der Waals surface area (Å²) in [6, 6.07) is 6.80. The predicted molar refractivity (Wildman–Crippen MR) is 99.5 cm³/mol. The number of ether oxygens (including phenoxy) is 1. The molecule has 1 aromatic carbocycles. The first-order valence-corrected chi connectivity index (χ1v) is 8.71. The Morgan fingerprint density at radius 3 is 2.69 bits per heavy atom. The summed E-state index contributed by atoms with van der Waals surface area (Å²) in [5.74, 6) is 2.11. The van der Waals surface area contributed by atoms with Gasteiger partial charge in [-0.15, -0.1) is 10.2 Å². The molecule has 2 aromatic rings. The molecule has 0 radical (unpaired) electrons. The molecule has 0 atom stereocenters. The zero-order chi connectivity index (χ0) is 18.8. The summed E-state index contributed by atoms with van der Waals surface area (Å²) >= 11 is 0. The monoisotopic (exact) mass is 362 g/mol. The molecule has 0 aliphatic rings. The van der Waals surface area contributed by atoms with Crippen molar-refractivity contribution >= 4 is 5.96 Å². The van der Waals surface area contributed by atoms with Gasteiger partial charge in [0.05, 0.1) is 0 Å². The minimum atomic E-state index is -0.185. The second-order valence-electron chi connectivity index (χ2n) is 5.93. The second kappa shape index (κ2) is 10.5. The SMILES string of the molecule is COCCCNC(=NCc1nnc(C)n1C)NCCc1ccccc1F. The van der Waals surface area contributed by atoms with Gasteiger partial charge in [0.2, 0.25) is 0 Å². The Morgan fingerprint density at radius 1 is 1.23 bits per heavy atom. The van der Waals surface area contributed by atoms with Gasteiger partial charge in [-0.25, -0.2) is 9.38 Å². The van der Waals surface area contributed by atoms with Crippen molar-refractivity contribution in [1.29, 1.82) is 0 Å². The first kappa shape index (κ1) is 19.8. The molecule has 2 rings (SSSR count). The molecule has 0 fully saturated rings. The molecule has 0 saturated heterocycles. The number of hydrogen-bond donors (Lipinski definition) is 2. The maximum Gasteiger partial charge on any atom is 0.191 e. The van der Waals surface area contributed by atoms with Crippen LogP contribution in [0.25, 0.3) is 0 Å². The third kappa shape index (κ3) is 6.11. The molecule has 0 aliphatic carbocycles. The zero-order valence-corrected chi connectivity index (χ0v) is 15.6. The Bertz CT molecular complexity index is 715. The summed E-state index contributed by atoms with van der Waals surface area (Å²) in [5, 5.41) is 14.7. The van der Waals surface area contributed by atoms with Crippen LogP contribution in [0.5, 0.6) is 0 Å². The van der Waals surface area contributed by atoms with E-state index in [0.717, 1.165) is 24.6 Å². The highest BCUT2D eigenvalue weighted by molar-refractivity contribution is 5.79. The first-order chi connectivity index (χ1) is 12.6. The third-order valence-electron chi connectivity index (χ3n) is 4.02. The molecular weight excluding hydrogens is 335 g/mol. The van der Waals surface area contributed by atoms with Crippen LogP contribution < -0.4 is 10.6 Å². The summed E-state index contributed by atoms with van der Waals surface area (Å²) in [6.45, 7) is 4.30. The number of guanidine groups is 1. The Hall–Kier alpha value is -2.48. The Labute approximate surface area is 153 Å². The lowest BCUT2D eigenvalue weighted by atomic mass is 10.1.